The summed E-state index contributed by atoms with van der Waals surface area (Å²) in [7, 11) is -3.80. The van der Waals surface area contributed by atoms with Crippen molar-refractivity contribution in [2.45, 2.75) is 18.7 Å². The fourth-order valence-electron chi connectivity index (χ4n) is 1.92. The lowest BCUT2D eigenvalue weighted by atomic mass is 10.1. The summed E-state index contributed by atoms with van der Waals surface area (Å²) in [6.45, 7) is 3.53. The molecule has 0 amide bonds. The number of nitrogens with one attached hydrogen (secondary N) is 1. The number of hydrogen-bond acceptors (Lipinski definition) is 3. The lowest BCUT2D eigenvalue weighted by Crippen LogP contribution is -2.15. The maximum Gasteiger partial charge on any atom is 0.262 e. The van der Waals surface area contributed by atoms with E-state index in [1.807, 2.05) is 0 Å². The molecule has 0 saturated heterocycles. The van der Waals surface area contributed by atoms with Crippen molar-refractivity contribution in [2.75, 3.05) is 10.5 Å². The van der Waals surface area contributed by atoms with Crippen molar-refractivity contribution in [1.82, 2.24) is 0 Å². The van der Waals surface area contributed by atoms with Crippen LogP contribution in [-0.4, -0.2) is 8.42 Å². The monoisotopic (exact) mass is 344 g/mol. The highest BCUT2D eigenvalue weighted by Crippen LogP contribution is 2.32. The highest BCUT2D eigenvalue weighted by atomic mass is 35.5. The molecule has 4 nitrogen and oxygen atoms in total. The Morgan fingerprint density at radius 2 is 1.81 bits per heavy atom. The van der Waals surface area contributed by atoms with Gasteiger partial charge in [-0.1, -0.05) is 29.3 Å². The number of halogens is 2. The zero-order valence-corrected chi connectivity index (χ0v) is 13.8. The van der Waals surface area contributed by atoms with E-state index < -0.39 is 10.0 Å². The van der Waals surface area contributed by atoms with E-state index in [1.165, 1.54) is 6.07 Å². The van der Waals surface area contributed by atoms with Gasteiger partial charge < -0.3 is 5.73 Å². The average molecular weight is 345 g/mol. The highest BCUT2D eigenvalue weighted by molar-refractivity contribution is 7.92. The minimum atomic E-state index is -3.80. The van der Waals surface area contributed by atoms with E-state index in [2.05, 4.69) is 4.72 Å². The maximum absolute atomic E-state index is 12.5. The van der Waals surface area contributed by atoms with Crippen LogP contribution in [0.2, 0.25) is 10.0 Å². The summed E-state index contributed by atoms with van der Waals surface area (Å²) in [6, 6.07) is 7.88. The molecule has 2 rings (SSSR count). The van der Waals surface area contributed by atoms with Gasteiger partial charge in [0, 0.05) is 5.69 Å². The van der Waals surface area contributed by atoms with Crippen LogP contribution in [0.3, 0.4) is 0 Å². The molecule has 2 aromatic carbocycles. The van der Waals surface area contributed by atoms with E-state index in [0.29, 0.717) is 11.3 Å². The summed E-state index contributed by atoms with van der Waals surface area (Å²) < 4.78 is 27.5. The minimum Gasteiger partial charge on any atom is -0.399 e. The van der Waals surface area contributed by atoms with Crippen molar-refractivity contribution in [3.8, 4) is 0 Å². The van der Waals surface area contributed by atoms with Gasteiger partial charge in [-0.3, -0.25) is 4.72 Å². The van der Waals surface area contributed by atoms with Crippen molar-refractivity contribution in [1.29, 1.82) is 0 Å². The third-order valence-corrected chi connectivity index (χ3v) is 5.44. The van der Waals surface area contributed by atoms with E-state index >= 15 is 0 Å². The van der Waals surface area contributed by atoms with Crippen LogP contribution >= 0.6 is 23.2 Å². The Morgan fingerprint density at radius 3 is 2.48 bits per heavy atom. The molecule has 0 aliphatic heterocycles. The van der Waals surface area contributed by atoms with Crippen LogP contribution < -0.4 is 10.5 Å². The van der Waals surface area contributed by atoms with Gasteiger partial charge in [0.1, 0.15) is 0 Å². The summed E-state index contributed by atoms with van der Waals surface area (Å²) in [5.41, 5.74) is 7.78. The fourth-order valence-corrected chi connectivity index (χ4v) is 3.74. The van der Waals surface area contributed by atoms with Gasteiger partial charge in [-0.05, 0) is 49.2 Å². The molecule has 3 N–H and O–H groups in total. The molecule has 0 spiro atoms. The van der Waals surface area contributed by atoms with Crippen molar-refractivity contribution < 1.29 is 8.42 Å². The average Bonchev–Trinajstić information content (AvgIpc) is 2.39. The second-order valence-corrected chi connectivity index (χ2v) is 7.10. The fraction of sp³-hybridized carbons (Fsp3) is 0.143. The molecule has 0 radical (unpaired) electrons. The van der Waals surface area contributed by atoms with Crippen LogP contribution in [0, 0.1) is 13.8 Å². The predicted octanol–water partition coefficient (Wildman–Crippen LogP) is 3.99. The number of benzene rings is 2. The molecule has 0 fully saturated rings. The Morgan fingerprint density at radius 1 is 1.14 bits per heavy atom. The quantitative estimate of drug-likeness (QED) is 0.826. The van der Waals surface area contributed by atoms with E-state index in [0.717, 1.165) is 5.56 Å². The first-order valence-corrected chi connectivity index (χ1v) is 8.30. The van der Waals surface area contributed by atoms with Crippen molar-refractivity contribution in [3.05, 3.63) is 51.5 Å². The number of hydrogen-bond donors (Lipinski definition) is 2. The van der Waals surface area contributed by atoms with E-state index in [-0.39, 0.29) is 20.6 Å². The number of nitrogens with two attached hydrogens (primary N) is 1. The molecule has 0 aromatic heterocycles. The lowest BCUT2D eigenvalue weighted by Gasteiger charge is -2.14. The van der Waals surface area contributed by atoms with Gasteiger partial charge in [-0.25, -0.2) is 8.42 Å². The molecule has 21 heavy (non-hydrogen) atoms. The molecule has 0 atom stereocenters. The Bertz CT molecular complexity index is 805. The summed E-state index contributed by atoms with van der Waals surface area (Å²) in [5, 5.41) is 0.429. The zero-order chi connectivity index (χ0) is 15.8. The summed E-state index contributed by atoms with van der Waals surface area (Å²) in [6.07, 6.45) is 0. The second kappa shape index (κ2) is 5.75. The van der Waals surface area contributed by atoms with Gasteiger partial charge >= 0.3 is 0 Å². The van der Waals surface area contributed by atoms with Gasteiger partial charge in [0.05, 0.1) is 20.6 Å². The Kier molecular flexibility index (Phi) is 4.37. The van der Waals surface area contributed by atoms with Gasteiger partial charge in [0.2, 0.25) is 0 Å². The maximum atomic E-state index is 12.5. The van der Waals surface area contributed by atoms with Crippen LogP contribution in [0.1, 0.15) is 11.1 Å². The van der Waals surface area contributed by atoms with Gasteiger partial charge in [0.15, 0.2) is 0 Å². The number of rotatable bonds is 3. The van der Waals surface area contributed by atoms with Gasteiger partial charge in [-0.15, -0.1) is 0 Å². The third-order valence-electron chi connectivity index (χ3n) is 3.13. The first-order valence-electron chi connectivity index (χ1n) is 6.06. The zero-order valence-electron chi connectivity index (χ0n) is 11.4. The van der Waals surface area contributed by atoms with E-state index in [4.69, 9.17) is 28.9 Å². The van der Waals surface area contributed by atoms with Crippen LogP contribution in [0.15, 0.2) is 35.2 Å². The van der Waals surface area contributed by atoms with Crippen LogP contribution in [0.4, 0.5) is 11.4 Å². The molecule has 0 saturated carbocycles. The SMILES string of the molecule is Cc1cc(N)cc(S(=O)(=O)Nc2cccc(Cl)c2Cl)c1C. The number of nitrogen functional groups attached to an aromatic ring is 1. The molecule has 0 bridgehead atoms. The van der Waals surface area contributed by atoms with E-state index in [1.54, 1.807) is 38.1 Å². The largest absolute Gasteiger partial charge is 0.399 e. The van der Waals surface area contributed by atoms with Gasteiger partial charge in [-0.2, -0.15) is 0 Å². The first kappa shape index (κ1) is 15.9. The highest BCUT2D eigenvalue weighted by Gasteiger charge is 2.20. The van der Waals surface area contributed by atoms with Crippen LogP contribution in [0.25, 0.3) is 0 Å². The van der Waals surface area contributed by atoms with E-state index in [9.17, 15) is 8.42 Å². The summed E-state index contributed by atoms with van der Waals surface area (Å²) in [4.78, 5) is 0.121. The lowest BCUT2D eigenvalue weighted by molar-refractivity contribution is 0.600. The third kappa shape index (κ3) is 3.26. The molecule has 0 aliphatic carbocycles. The van der Waals surface area contributed by atoms with Crippen molar-refractivity contribution >= 4 is 44.6 Å². The van der Waals surface area contributed by atoms with Crippen LogP contribution in [-0.2, 0) is 10.0 Å². The van der Waals surface area contributed by atoms with Crippen molar-refractivity contribution in [3.63, 3.8) is 0 Å². The predicted molar refractivity (Wildman–Crippen MR) is 87.6 cm³/mol. The standard InChI is InChI=1S/C14H14Cl2N2O2S/c1-8-6-10(17)7-13(9(8)2)21(19,20)18-12-5-3-4-11(15)14(12)16/h3-7,18H,17H2,1-2H3. The molecule has 112 valence electrons. The first-order chi connectivity index (χ1) is 9.72. The molecule has 0 heterocycles. The Labute approximate surface area is 133 Å². The molecule has 7 heteroatoms. The Hall–Kier alpha value is -1.43. The smallest absolute Gasteiger partial charge is 0.262 e. The molecular formula is C14H14Cl2N2O2S. The van der Waals surface area contributed by atoms with Crippen molar-refractivity contribution in [2.24, 2.45) is 0 Å². The number of anilines is 2. The van der Waals surface area contributed by atoms with Gasteiger partial charge in [0.25, 0.3) is 10.0 Å². The Balaban J connectivity index is 2.51. The number of sulfonamides is 1. The number of aryl methyl sites for hydroxylation is 1. The molecule has 0 aliphatic rings. The molecular weight excluding hydrogens is 331 g/mol. The molecule has 0 unspecified atom stereocenters. The second-order valence-electron chi connectivity index (χ2n) is 4.67. The molecule has 2 aromatic rings. The normalized spacial score (nSPS) is 11.4. The van der Waals surface area contributed by atoms with Crippen LogP contribution in [0.5, 0.6) is 0 Å². The summed E-state index contributed by atoms with van der Waals surface area (Å²) >= 11 is 11.9. The topological polar surface area (TPSA) is 72.2 Å². The summed E-state index contributed by atoms with van der Waals surface area (Å²) in [5.74, 6) is 0. The minimum absolute atomic E-state index is 0.121.